The highest BCUT2D eigenvalue weighted by molar-refractivity contribution is 6.29. The van der Waals surface area contributed by atoms with Crippen molar-refractivity contribution in [1.29, 1.82) is 0 Å². The van der Waals surface area contributed by atoms with Crippen molar-refractivity contribution < 1.29 is 0 Å². The molecule has 0 N–H and O–H groups in total. The van der Waals surface area contributed by atoms with Crippen LogP contribution in [0.25, 0.3) is 16.5 Å². The van der Waals surface area contributed by atoms with E-state index < -0.39 is 0 Å². The van der Waals surface area contributed by atoms with Gasteiger partial charge in [-0.2, -0.15) is 0 Å². The van der Waals surface area contributed by atoms with Crippen LogP contribution in [-0.2, 0) is 0 Å². The number of halogens is 1. The van der Waals surface area contributed by atoms with E-state index in [2.05, 4.69) is 15.0 Å². The predicted octanol–water partition coefficient (Wildman–Crippen LogP) is 3.76. The number of hydrogen-bond acceptors (Lipinski definition) is 2. The molecule has 0 fully saturated rings. The van der Waals surface area contributed by atoms with Crippen LogP contribution in [0, 0.1) is 6.92 Å². The van der Waals surface area contributed by atoms with Gasteiger partial charge in [-0.05, 0) is 36.1 Å². The van der Waals surface area contributed by atoms with Crippen molar-refractivity contribution in [3.63, 3.8) is 0 Å². The zero-order valence-corrected chi connectivity index (χ0v) is 9.15. The summed E-state index contributed by atoms with van der Waals surface area (Å²) in [5.74, 6) is 0. The first-order valence-electron chi connectivity index (χ1n) is 4.53. The van der Waals surface area contributed by atoms with Gasteiger partial charge in [0.05, 0.1) is 0 Å². The maximum absolute atomic E-state index is 8.07. The molecule has 1 aromatic heterocycles. The second-order valence-electron chi connectivity index (χ2n) is 3.01. The average Bonchev–Trinajstić information content (AvgIpc) is 2.20. The molecular formula is C10H11ClN4. The lowest BCUT2D eigenvalue weighted by Crippen LogP contribution is -1.84. The van der Waals surface area contributed by atoms with Gasteiger partial charge in [-0.25, -0.2) is 4.98 Å². The molecule has 78 valence electrons. The van der Waals surface area contributed by atoms with Crippen LogP contribution in [0.15, 0.2) is 23.5 Å². The van der Waals surface area contributed by atoms with Gasteiger partial charge in [0.15, 0.2) is 0 Å². The van der Waals surface area contributed by atoms with Gasteiger partial charge in [-0.1, -0.05) is 28.9 Å². The molecule has 1 heterocycles. The first-order chi connectivity index (χ1) is 7.24. The molecule has 0 atom stereocenters. The van der Waals surface area contributed by atoms with E-state index in [4.69, 9.17) is 17.1 Å². The van der Waals surface area contributed by atoms with E-state index in [1.54, 1.807) is 6.20 Å². The number of pyridine rings is 1. The fraction of sp³-hybridized carbons (Fsp3) is 0.300. The predicted molar refractivity (Wildman–Crippen MR) is 61.6 cm³/mol. The fourth-order valence-electron chi connectivity index (χ4n) is 1.09. The summed E-state index contributed by atoms with van der Waals surface area (Å²) in [5, 5.41) is 3.93. The van der Waals surface area contributed by atoms with Gasteiger partial charge in [0.2, 0.25) is 0 Å². The first-order valence-corrected chi connectivity index (χ1v) is 4.91. The van der Waals surface area contributed by atoms with Crippen LogP contribution in [0.4, 0.5) is 0 Å². The van der Waals surface area contributed by atoms with Crippen LogP contribution in [0.2, 0.25) is 5.15 Å². The Morgan fingerprint density at radius 1 is 1.67 bits per heavy atom. The minimum atomic E-state index is 0.479. The third-order valence-electron chi connectivity index (χ3n) is 1.87. The Morgan fingerprint density at radius 3 is 3.13 bits per heavy atom. The van der Waals surface area contributed by atoms with Gasteiger partial charge in [-0.15, -0.1) is 0 Å². The van der Waals surface area contributed by atoms with Gasteiger partial charge in [0, 0.05) is 17.7 Å². The van der Waals surface area contributed by atoms with E-state index in [9.17, 15) is 0 Å². The summed E-state index contributed by atoms with van der Waals surface area (Å²) in [4.78, 5) is 6.66. The van der Waals surface area contributed by atoms with Crippen molar-refractivity contribution >= 4 is 17.7 Å². The van der Waals surface area contributed by atoms with Crippen molar-refractivity contribution in [2.75, 3.05) is 6.54 Å². The van der Waals surface area contributed by atoms with Crippen LogP contribution in [0.1, 0.15) is 17.5 Å². The van der Waals surface area contributed by atoms with Crippen LogP contribution >= 0.6 is 11.6 Å². The second-order valence-corrected chi connectivity index (χ2v) is 3.40. The number of azide groups is 1. The maximum Gasteiger partial charge on any atom is 0.129 e. The number of rotatable bonds is 4. The van der Waals surface area contributed by atoms with Crippen molar-refractivity contribution in [2.24, 2.45) is 5.11 Å². The molecule has 0 saturated carbocycles. The van der Waals surface area contributed by atoms with Crippen molar-refractivity contribution in [1.82, 2.24) is 4.98 Å². The van der Waals surface area contributed by atoms with Crippen molar-refractivity contribution in [2.45, 2.75) is 13.3 Å². The summed E-state index contributed by atoms with van der Waals surface area (Å²) in [6.07, 6.45) is 6.35. The smallest absolute Gasteiger partial charge is 0.129 e. The second kappa shape index (κ2) is 6.06. The van der Waals surface area contributed by atoms with Gasteiger partial charge in [-0.3, -0.25) is 0 Å². The Bertz CT molecular complexity index is 408. The van der Waals surface area contributed by atoms with E-state index in [-0.39, 0.29) is 0 Å². The topological polar surface area (TPSA) is 61.7 Å². The molecule has 1 rings (SSSR count). The van der Waals surface area contributed by atoms with E-state index in [0.29, 0.717) is 11.7 Å². The standard InChI is InChI=1S/C10H11ClN4/c1-8-6-10(11)13-7-9(8)4-2-3-5-14-15-12/h2,4,6-7H,3,5H2,1H3. The summed E-state index contributed by atoms with van der Waals surface area (Å²) in [6, 6.07) is 1.81. The first kappa shape index (κ1) is 11.6. The fourth-order valence-corrected chi connectivity index (χ4v) is 1.31. The van der Waals surface area contributed by atoms with E-state index in [0.717, 1.165) is 17.5 Å². The molecule has 0 aliphatic heterocycles. The molecular weight excluding hydrogens is 212 g/mol. The summed E-state index contributed by atoms with van der Waals surface area (Å²) < 4.78 is 0. The maximum atomic E-state index is 8.07. The third kappa shape index (κ3) is 4.02. The molecule has 5 heteroatoms. The molecule has 0 unspecified atom stereocenters. The molecule has 0 aliphatic carbocycles. The molecule has 0 aromatic carbocycles. The molecule has 15 heavy (non-hydrogen) atoms. The quantitative estimate of drug-likeness (QED) is 0.252. The molecule has 0 amide bonds. The molecule has 0 spiro atoms. The highest BCUT2D eigenvalue weighted by atomic mass is 35.5. The number of hydrogen-bond donors (Lipinski definition) is 0. The van der Waals surface area contributed by atoms with Crippen LogP contribution < -0.4 is 0 Å². The molecule has 0 saturated heterocycles. The lowest BCUT2D eigenvalue weighted by atomic mass is 10.1. The third-order valence-corrected chi connectivity index (χ3v) is 2.08. The summed E-state index contributed by atoms with van der Waals surface area (Å²) >= 11 is 5.73. The molecule has 0 bridgehead atoms. The van der Waals surface area contributed by atoms with Gasteiger partial charge < -0.3 is 0 Å². The average molecular weight is 223 g/mol. The number of aromatic nitrogens is 1. The Labute approximate surface area is 93.2 Å². The van der Waals surface area contributed by atoms with Gasteiger partial charge in [0.1, 0.15) is 5.15 Å². The summed E-state index contributed by atoms with van der Waals surface area (Å²) in [7, 11) is 0. The Hall–Kier alpha value is -1.51. The zero-order valence-electron chi connectivity index (χ0n) is 8.39. The minimum Gasteiger partial charge on any atom is -0.244 e. The molecule has 0 aliphatic rings. The lowest BCUT2D eigenvalue weighted by Gasteiger charge is -1.99. The minimum absolute atomic E-state index is 0.479. The van der Waals surface area contributed by atoms with Gasteiger partial charge >= 0.3 is 0 Å². The van der Waals surface area contributed by atoms with E-state index in [1.807, 2.05) is 25.1 Å². The van der Waals surface area contributed by atoms with E-state index >= 15 is 0 Å². The van der Waals surface area contributed by atoms with E-state index in [1.165, 1.54) is 0 Å². The summed E-state index contributed by atoms with van der Waals surface area (Å²) in [5.41, 5.74) is 10.2. The molecule has 1 aromatic rings. The van der Waals surface area contributed by atoms with Gasteiger partial charge in [0.25, 0.3) is 0 Å². The van der Waals surface area contributed by atoms with Crippen molar-refractivity contribution in [3.8, 4) is 0 Å². The van der Waals surface area contributed by atoms with Crippen LogP contribution in [0.3, 0.4) is 0 Å². The monoisotopic (exact) mass is 222 g/mol. The normalized spacial score (nSPS) is 10.3. The highest BCUT2D eigenvalue weighted by Crippen LogP contribution is 2.13. The van der Waals surface area contributed by atoms with Crippen molar-refractivity contribution in [3.05, 3.63) is 45.1 Å². The lowest BCUT2D eigenvalue weighted by molar-refractivity contribution is 0.995. The SMILES string of the molecule is Cc1cc(Cl)ncc1C=CCCN=[N+]=[N-]. The Kier molecular flexibility index (Phi) is 4.68. The largest absolute Gasteiger partial charge is 0.244 e. The Balaban J connectivity index is 2.60. The number of nitrogens with zero attached hydrogens (tertiary/aromatic N) is 4. The number of aryl methyl sites for hydroxylation is 1. The van der Waals surface area contributed by atoms with Crippen LogP contribution in [-0.4, -0.2) is 11.5 Å². The highest BCUT2D eigenvalue weighted by Gasteiger charge is 1.95. The molecule has 4 nitrogen and oxygen atoms in total. The Morgan fingerprint density at radius 2 is 2.47 bits per heavy atom. The van der Waals surface area contributed by atoms with Crippen LogP contribution in [0.5, 0.6) is 0 Å². The molecule has 0 radical (unpaired) electrons. The summed E-state index contributed by atoms with van der Waals surface area (Å²) in [6.45, 7) is 2.45. The zero-order chi connectivity index (χ0) is 11.1.